The number of aliphatic imine (C=N–C) groups is 1. The molecule has 2 aliphatic rings. The number of carbonyl (C=O) groups is 2. The van der Waals surface area contributed by atoms with E-state index in [2.05, 4.69) is 22.2 Å². The Morgan fingerprint density at radius 1 is 1.14 bits per heavy atom. The molecule has 0 spiro atoms. The van der Waals surface area contributed by atoms with Crippen LogP contribution in [0.15, 0.2) is 51.9 Å². The molecule has 1 fully saturated rings. The van der Waals surface area contributed by atoms with E-state index in [9.17, 15) is 23.1 Å². The predicted octanol–water partition coefficient (Wildman–Crippen LogP) is 3.40. The largest absolute Gasteiger partial charge is 0.465 e. The summed E-state index contributed by atoms with van der Waals surface area (Å²) in [5, 5.41) is 20.5. The topological polar surface area (TPSA) is 166 Å². The van der Waals surface area contributed by atoms with Gasteiger partial charge >= 0.3 is 6.09 Å². The van der Waals surface area contributed by atoms with Gasteiger partial charge in [0.15, 0.2) is 0 Å². The van der Waals surface area contributed by atoms with Crippen molar-refractivity contribution >= 4 is 39.6 Å². The molecular weight excluding hydrogens is 582 g/mol. The van der Waals surface area contributed by atoms with E-state index >= 15 is 0 Å². The molecule has 0 aliphatic carbocycles. The van der Waals surface area contributed by atoms with E-state index in [1.807, 2.05) is 24.8 Å². The number of carboxylic acid groups (broad SMARTS) is 1. The van der Waals surface area contributed by atoms with E-state index in [-0.39, 0.29) is 61.6 Å². The summed E-state index contributed by atoms with van der Waals surface area (Å²) in [6.45, 7) is 5.91. The lowest BCUT2D eigenvalue weighted by molar-refractivity contribution is -0.127. The van der Waals surface area contributed by atoms with Gasteiger partial charge in [-0.15, -0.1) is 0 Å². The van der Waals surface area contributed by atoms with E-state index in [1.54, 1.807) is 36.4 Å². The number of nitrogens with one attached hydrogen (secondary N) is 1. The van der Waals surface area contributed by atoms with Crippen LogP contribution in [0.3, 0.4) is 0 Å². The summed E-state index contributed by atoms with van der Waals surface area (Å²) in [5.41, 5.74) is 9.77. The summed E-state index contributed by atoms with van der Waals surface area (Å²) in [5.74, 6) is 6.21. The van der Waals surface area contributed by atoms with Crippen LogP contribution in [0.2, 0.25) is 0 Å². The second-order valence-electron chi connectivity index (χ2n) is 10.9. The number of amidine groups is 1. The number of aliphatic hydroxyl groups is 1. The number of carbonyl (C=O) groups excluding carboxylic acids is 1. The van der Waals surface area contributed by atoms with Gasteiger partial charge in [-0.05, 0) is 54.3 Å². The Morgan fingerprint density at radius 2 is 1.86 bits per heavy atom. The molecule has 0 aromatic heterocycles. The standard InChI is InChI=1S/C32H39N5O6S/c1-3-12-36(13-4-2)31(39)26-16-28-24(8-5-6-11-34-32(40)41)14-25(17-29(28)35-30(33)18-26)23-9-7-10-27(15-23)44(42,43)37-19-22(20-37)21-38/h7,9-10,14-17,22,34,38H,3-4,6,11-13,18-21H2,1-2H3,(H2,33,35)(H,40,41). The molecular formula is C32H39N5O6S. The first-order valence-corrected chi connectivity index (χ1v) is 16.2. The first-order valence-electron chi connectivity index (χ1n) is 14.7. The van der Waals surface area contributed by atoms with Crippen LogP contribution in [0.4, 0.5) is 10.5 Å². The minimum Gasteiger partial charge on any atom is -0.465 e. The molecule has 2 aromatic carbocycles. The number of nitrogens with zero attached hydrogens (tertiary/aromatic N) is 3. The fraction of sp³-hybridized carbons (Fsp3) is 0.406. The molecule has 2 aromatic rings. The van der Waals surface area contributed by atoms with Gasteiger partial charge in [0.1, 0.15) is 5.84 Å². The summed E-state index contributed by atoms with van der Waals surface area (Å²) < 4.78 is 27.8. The maximum absolute atomic E-state index is 13.6. The van der Waals surface area contributed by atoms with Crippen molar-refractivity contribution in [2.75, 3.05) is 39.3 Å². The Labute approximate surface area is 258 Å². The van der Waals surface area contributed by atoms with Crippen LogP contribution < -0.4 is 11.1 Å². The lowest BCUT2D eigenvalue weighted by atomic mass is 9.95. The zero-order valence-corrected chi connectivity index (χ0v) is 25.9. The second-order valence-corrected chi connectivity index (χ2v) is 12.8. The quantitative estimate of drug-likeness (QED) is 0.220. The summed E-state index contributed by atoms with van der Waals surface area (Å²) in [6.07, 6.45) is 2.70. The Balaban J connectivity index is 1.79. The highest BCUT2D eigenvalue weighted by Crippen LogP contribution is 2.36. The minimum atomic E-state index is -3.74. The number of amides is 2. The third-order valence-electron chi connectivity index (χ3n) is 7.40. The SMILES string of the molecule is CCCN(CCC)C(=O)C1=Cc2c(C#CCCNC(=O)O)cc(-c3cccc(S(=O)(=O)N4CC(CO)C4)c3)cc2N=C(N)C1. The molecule has 11 nitrogen and oxygen atoms in total. The maximum atomic E-state index is 13.6. The van der Waals surface area contributed by atoms with Crippen LogP contribution >= 0.6 is 0 Å². The van der Waals surface area contributed by atoms with Crippen molar-refractivity contribution in [3.63, 3.8) is 0 Å². The summed E-state index contributed by atoms with van der Waals surface area (Å²) >= 11 is 0. The maximum Gasteiger partial charge on any atom is 0.404 e. The molecule has 2 aliphatic heterocycles. The van der Waals surface area contributed by atoms with Crippen molar-refractivity contribution in [1.82, 2.24) is 14.5 Å². The van der Waals surface area contributed by atoms with Crippen LogP contribution in [-0.4, -0.2) is 85.0 Å². The molecule has 2 amide bonds. The molecule has 0 atom stereocenters. The third kappa shape index (κ3) is 7.66. The van der Waals surface area contributed by atoms with Crippen LogP contribution in [-0.2, 0) is 14.8 Å². The Hall–Kier alpha value is -4.18. The first-order chi connectivity index (χ1) is 21.1. The zero-order chi connectivity index (χ0) is 31.9. The number of sulfonamides is 1. The van der Waals surface area contributed by atoms with Crippen molar-refractivity contribution in [1.29, 1.82) is 0 Å². The van der Waals surface area contributed by atoms with E-state index in [0.29, 0.717) is 46.6 Å². The monoisotopic (exact) mass is 621 g/mol. The molecule has 234 valence electrons. The number of benzene rings is 2. The van der Waals surface area contributed by atoms with Crippen molar-refractivity contribution in [2.24, 2.45) is 16.6 Å². The van der Waals surface area contributed by atoms with Crippen LogP contribution in [0.1, 0.15) is 50.7 Å². The van der Waals surface area contributed by atoms with Gasteiger partial charge in [0.25, 0.3) is 0 Å². The van der Waals surface area contributed by atoms with Gasteiger partial charge in [0.05, 0.1) is 10.6 Å². The summed E-state index contributed by atoms with van der Waals surface area (Å²) in [7, 11) is -3.74. The Kier molecular flexibility index (Phi) is 10.8. The normalized spacial score (nSPS) is 15.1. The van der Waals surface area contributed by atoms with Crippen LogP contribution in [0.5, 0.6) is 0 Å². The highest BCUT2D eigenvalue weighted by Gasteiger charge is 2.36. The highest BCUT2D eigenvalue weighted by molar-refractivity contribution is 7.89. The molecule has 12 heteroatoms. The smallest absolute Gasteiger partial charge is 0.404 e. The number of hydrogen-bond acceptors (Lipinski definition) is 7. The van der Waals surface area contributed by atoms with E-state index in [1.165, 1.54) is 4.31 Å². The Morgan fingerprint density at radius 3 is 2.52 bits per heavy atom. The van der Waals surface area contributed by atoms with Gasteiger partial charge in [0.2, 0.25) is 15.9 Å². The number of fused-ring (bicyclic) bond motifs is 1. The molecule has 4 rings (SSSR count). The number of hydrogen-bond donors (Lipinski definition) is 4. The lowest BCUT2D eigenvalue weighted by Gasteiger charge is -2.36. The van der Waals surface area contributed by atoms with Crippen molar-refractivity contribution < 1.29 is 28.2 Å². The van der Waals surface area contributed by atoms with Crippen LogP contribution in [0, 0.1) is 17.8 Å². The predicted molar refractivity (Wildman–Crippen MR) is 170 cm³/mol. The van der Waals surface area contributed by atoms with Crippen molar-refractivity contribution in [2.45, 2.75) is 44.4 Å². The van der Waals surface area contributed by atoms with E-state index in [0.717, 1.165) is 12.8 Å². The molecule has 0 unspecified atom stereocenters. The zero-order valence-electron chi connectivity index (χ0n) is 25.0. The fourth-order valence-electron chi connectivity index (χ4n) is 5.17. The molecule has 0 saturated carbocycles. The van der Waals surface area contributed by atoms with Gasteiger partial charge in [-0.1, -0.05) is 37.8 Å². The molecule has 1 saturated heterocycles. The summed E-state index contributed by atoms with van der Waals surface area (Å²) in [4.78, 5) is 31.0. The average Bonchev–Trinajstić information content (AvgIpc) is 3.13. The van der Waals surface area contributed by atoms with E-state index in [4.69, 9.17) is 10.8 Å². The van der Waals surface area contributed by atoms with Gasteiger partial charge in [-0.25, -0.2) is 18.2 Å². The van der Waals surface area contributed by atoms with E-state index < -0.39 is 16.1 Å². The first kappa shape index (κ1) is 32.7. The highest BCUT2D eigenvalue weighted by atomic mass is 32.2. The minimum absolute atomic E-state index is 0.0575. The molecule has 0 bridgehead atoms. The third-order valence-corrected chi connectivity index (χ3v) is 9.23. The number of rotatable bonds is 11. The lowest BCUT2D eigenvalue weighted by Crippen LogP contribution is -2.51. The number of aliphatic hydroxyl groups excluding tert-OH is 1. The fourth-order valence-corrected chi connectivity index (χ4v) is 6.81. The van der Waals surface area contributed by atoms with Gasteiger partial charge in [0, 0.05) is 74.8 Å². The average molecular weight is 622 g/mol. The Bertz CT molecular complexity index is 1630. The molecule has 0 radical (unpaired) electrons. The van der Waals surface area contributed by atoms with Crippen molar-refractivity contribution in [3.8, 4) is 23.0 Å². The van der Waals surface area contributed by atoms with Gasteiger partial charge in [-0.2, -0.15) is 4.31 Å². The van der Waals surface area contributed by atoms with Gasteiger partial charge < -0.3 is 26.2 Å². The second kappa shape index (κ2) is 14.5. The molecule has 44 heavy (non-hydrogen) atoms. The van der Waals surface area contributed by atoms with Gasteiger partial charge in [-0.3, -0.25) is 4.79 Å². The number of nitrogens with two attached hydrogens (primary N) is 1. The van der Waals surface area contributed by atoms with Crippen LogP contribution in [0.25, 0.3) is 17.2 Å². The molecule has 2 heterocycles. The molecule has 5 N–H and O–H groups in total. The van der Waals surface area contributed by atoms with Crippen molar-refractivity contribution in [3.05, 3.63) is 53.1 Å². The summed E-state index contributed by atoms with van der Waals surface area (Å²) in [6, 6.07) is 10.2.